The minimum absolute atomic E-state index is 0.00666. The molecule has 1 fully saturated rings. The van der Waals surface area contributed by atoms with Crippen molar-refractivity contribution in [1.29, 1.82) is 0 Å². The largest absolute Gasteiger partial charge is 0.481 e. The lowest BCUT2D eigenvalue weighted by Crippen LogP contribution is -2.50. The van der Waals surface area contributed by atoms with E-state index in [9.17, 15) is 4.79 Å². The Morgan fingerprint density at radius 2 is 2.28 bits per heavy atom. The predicted molar refractivity (Wildman–Crippen MR) is 66.7 cm³/mol. The zero-order chi connectivity index (χ0) is 13.1. The van der Waals surface area contributed by atoms with Gasteiger partial charge < -0.3 is 14.4 Å². The third-order valence-corrected chi connectivity index (χ3v) is 3.06. The highest BCUT2D eigenvalue weighted by Crippen LogP contribution is 2.16. The fourth-order valence-corrected chi connectivity index (χ4v) is 1.98. The molecule has 2 rings (SSSR count). The van der Waals surface area contributed by atoms with Crippen LogP contribution in [0.15, 0.2) is 18.3 Å². The van der Waals surface area contributed by atoms with Crippen molar-refractivity contribution in [3.8, 4) is 5.88 Å². The van der Waals surface area contributed by atoms with E-state index < -0.39 is 0 Å². The van der Waals surface area contributed by atoms with Crippen LogP contribution in [-0.4, -0.2) is 48.2 Å². The smallest absolute Gasteiger partial charge is 0.255 e. The fraction of sp³-hybridized carbons (Fsp3) is 0.538. The maximum atomic E-state index is 12.3. The van der Waals surface area contributed by atoms with Gasteiger partial charge in [0.05, 0.1) is 31.4 Å². The third-order valence-electron chi connectivity index (χ3n) is 3.06. The van der Waals surface area contributed by atoms with E-state index in [0.717, 1.165) is 0 Å². The predicted octanol–water partition coefficient (Wildman–Crippen LogP) is 1.34. The van der Waals surface area contributed by atoms with E-state index in [4.69, 9.17) is 9.47 Å². The van der Waals surface area contributed by atoms with Crippen LogP contribution < -0.4 is 4.74 Å². The summed E-state index contributed by atoms with van der Waals surface area (Å²) in [5, 5.41) is 0. The van der Waals surface area contributed by atoms with E-state index >= 15 is 0 Å². The van der Waals surface area contributed by atoms with Crippen LogP contribution in [0, 0.1) is 0 Å². The highest BCUT2D eigenvalue weighted by Gasteiger charge is 2.28. The summed E-state index contributed by atoms with van der Waals surface area (Å²) in [5.74, 6) is 0.503. The first-order valence-electron chi connectivity index (χ1n) is 6.04. The van der Waals surface area contributed by atoms with E-state index in [0.29, 0.717) is 24.6 Å². The summed E-state index contributed by atoms with van der Waals surface area (Å²) < 4.78 is 10.5. The molecule has 0 aromatic carbocycles. The molecule has 5 nitrogen and oxygen atoms in total. The number of aromatic nitrogens is 1. The van der Waals surface area contributed by atoms with Gasteiger partial charge in [-0.2, -0.15) is 0 Å². The van der Waals surface area contributed by atoms with Crippen molar-refractivity contribution in [2.24, 2.45) is 0 Å². The van der Waals surface area contributed by atoms with Crippen LogP contribution in [0.5, 0.6) is 5.88 Å². The highest BCUT2D eigenvalue weighted by atomic mass is 16.5. The molecular weight excluding hydrogens is 232 g/mol. The van der Waals surface area contributed by atoms with Gasteiger partial charge >= 0.3 is 0 Å². The van der Waals surface area contributed by atoms with Gasteiger partial charge in [0.25, 0.3) is 5.91 Å². The third kappa shape index (κ3) is 2.61. The number of amides is 1. The molecule has 18 heavy (non-hydrogen) atoms. The number of carbonyl (C=O) groups is 1. The molecule has 0 bridgehead atoms. The summed E-state index contributed by atoms with van der Waals surface area (Å²) in [6.07, 6.45) is 1.63. The van der Waals surface area contributed by atoms with Crippen LogP contribution in [0.2, 0.25) is 0 Å². The molecule has 0 spiro atoms. The minimum atomic E-state index is -0.00666. The molecule has 2 heterocycles. The molecule has 2 atom stereocenters. The summed E-state index contributed by atoms with van der Waals surface area (Å²) >= 11 is 0. The van der Waals surface area contributed by atoms with Crippen molar-refractivity contribution < 1.29 is 14.3 Å². The molecule has 1 aliphatic rings. The van der Waals surface area contributed by atoms with Gasteiger partial charge in [0.2, 0.25) is 5.88 Å². The summed E-state index contributed by atoms with van der Waals surface area (Å²) in [5.41, 5.74) is 0.580. The van der Waals surface area contributed by atoms with Crippen molar-refractivity contribution in [2.45, 2.75) is 26.0 Å². The maximum Gasteiger partial charge on any atom is 0.255 e. The van der Waals surface area contributed by atoms with Crippen LogP contribution >= 0.6 is 0 Å². The quantitative estimate of drug-likeness (QED) is 0.794. The Balaban J connectivity index is 2.13. The normalized spacial score (nSPS) is 23.8. The number of morpholine rings is 1. The first kappa shape index (κ1) is 12.8. The lowest BCUT2D eigenvalue weighted by Gasteiger charge is -2.36. The molecule has 0 N–H and O–H groups in total. The number of hydrogen-bond donors (Lipinski definition) is 0. The summed E-state index contributed by atoms with van der Waals surface area (Å²) in [7, 11) is 1.55. The van der Waals surface area contributed by atoms with Crippen molar-refractivity contribution in [3.05, 3.63) is 23.9 Å². The van der Waals surface area contributed by atoms with Gasteiger partial charge in [-0.1, -0.05) is 0 Å². The molecule has 0 aliphatic carbocycles. The minimum Gasteiger partial charge on any atom is -0.481 e. The Labute approximate surface area is 107 Å². The van der Waals surface area contributed by atoms with Crippen molar-refractivity contribution in [1.82, 2.24) is 9.88 Å². The summed E-state index contributed by atoms with van der Waals surface area (Å²) in [6, 6.07) is 3.53. The maximum absolute atomic E-state index is 12.3. The van der Waals surface area contributed by atoms with Crippen molar-refractivity contribution in [2.75, 3.05) is 20.3 Å². The van der Waals surface area contributed by atoms with Crippen molar-refractivity contribution >= 4 is 5.91 Å². The molecule has 1 amide bonds. The SMILES string of the molecule is COc1ccc(C(=O)N2C[C@@H](C)OC[C@H]2C)cn1. The average molecular weight is 250 g/mol. The lowest BCUT2D eigenvalue weighted by atomic mass is 10.1. The van der Waals surface area contributed by atoms with Gasteiger partial charge in [-0.05, 0) is 19.9 Å². The number of hydrogen-bond acceptors (Lipinski definition) is 4. The summed E-state index contributed by atoms with van der Waals surface area (Å²) in [6.45, 7) is 5.15. The Morgan fingerprint density at radius 3 is 2.89 bits per heavy atom. The Bertz CT molecular complexity index is 419. The monoisotopic (exact) mass is 250 g/mol. The van der Waals surface area contributed by atoms with Gasteiger partial charge in [0.1, 0.15) is 0 Å². The second kappa shape index (κ2) is 5.35. The van der Waals surface area contributed by atoms with Crippen LogP contribution in [0.25, 0.3) is 0 Å². The zero-order valence-corrected chi connectivity index (χ0v) is 10.9. The molecule has 0 radical (unpaired) electrons. The highest BCUT2D eigenvalue weighted by molar-refractivity contribution is 5.94. The molecule has 1 saturated heterocycles. The summed E-state index contributed by atoms with van der Waals surface area (Å²) in [4.78, 5) is 18.2. The van der Waals surface area contributed by atoms with E-state index in [2.05, 4.69) is 4.98 Å². The molecule has 5 heteroatoms. The Morgan fingerprint density at radius 1 is 1.50 bits per heavy atom. The van der Waals surface area contributed by atoms with Gasteiger partial charge in [-0.25, -0.2) is 4.98 Å². The van der Waals surface area contributed by atoms with Gasteiger partial charge in [-0.3, -0.25) is 4.79 Å². The van der Waals surface area contributed by atoms with Gasteiger partial charge in [-0.15, -0.1) is 0 Å². The molecule has 1 aromatic heterocycles. The Hall–Kier alpha value is -1.62. The number of nitrogens with zero attached hydrogens (tertiary/aromatic N) is 2. The zero-order valence-electron chi connectivity index (χ0n) is 10.9. The van der Waals surface area contributed by atoms with E-state index in [-0.39, 0.29) is 18.1 Å². The number of methoxy groups -OCH3 is 1. The molecule has 1 aromatic rings. The standard InChI is InChI=1S/C13H18N2O3/c1-9-8-18-10(2)7-15(9)13(16)11-4-5-12(17-3)14-6-11/h4-6,9-10H,7-8H2,1-3H3/t9-,10-/m1/s1. The average Bonchev–Trinajstić information content (AvgIpc) is 2.41. The first-order valence-corrected chi connectivity index (χ1v) is 6.04. The van der Waals surface area contributed by atoms with Crippen LogP contribution in [0.4, 0.5) is 0 Å². The second-order valence-electron chi connectivity index (χ2n) is 4.54. The molecule has 1 aliphatic heterocycles. The molecule has 98 valence electrons. The first-order chi connectivity index (χ1) is 8.61. The van der Waals surface area contributed by atoms with E-state index in [1.54, 1.807) is 25.4 Å². The Kier molecular flexibility index (Phi) is 3.81. The topological polar surface area (TPSA) is 51.7 Å². The molecular formula is C13H18N2O3. The van der Waals surface area contributed by atoms with Gasteiger partial charge in [0.15, 0.2) is 0 Å². The van der Waals surface area contributed by atoms with Crippen LogP contribution in [0.3, 0.4) is 0 Å². The lowest BCUT2D eigenvalue weighted by molar-refractivity contribution is -0.0387. The number of ether oxygens (including phenoxy) is 2. The molecule has 0 saturated carbocycles. The second-order valence-corrected chi connectivity index (χ2v) is 4.54. The molecule has 0 unspecified atom stereocenters. The van der Waals surface area contributed by atoms with E-state index in [1.807, 2.05) is 18.7 Å². The van der Waals surface area contributed by atoms with Crippen LogP contribution in [0.1, 0.15) is 24.2 Å². The van der Waals surface area contributed by atoms with E-state index in [1.165, 1.54) is 0 Å². The fourth-order valence-electron chi connectivity index (χ4n) is 1.98. The number of rotatable bonds is 2. The van der Waals surface area contributed by atoms with Crippen LogP contribution in [-0.2, 0) is 4.74 Å². The van der Waals surface area contributed by atoms with Crippen molar-refractivity contribution in [3.63, 3.8) is 0 Å². The number of pyridine rings is 1. The van der Waals surface area contributed by atoms with Gasteiger partial charge in [0, 0.05) is 18.8 Å². The number of carbonyl (C=O) groups excluding carboxylic acids is 1.